The van der Waals surface area contributed by atoms with E-state index in [9.17, 15) is 0 Å². The predicted octanol–water partition coefficient (Wildman–Crippen LogP) is 9.89. The van der Waals surface area contributed by atoms with Crippen molar-refractivity contribution >= 4 is 80.1 Å². The molecule has 7 aromatic rings. The number of para-hydroxylation sites is 1. The van der Waals surface area contributed by atoms with Crippen molar-refractivity contribution < 1.29 is 0 Å². The van der Waals surface area contributed by atoms with Crippen molar-refractivity contribution in [1.82, 2.24) is 0 Å². The van der Waals surface area contributed by atoms with Crippen molar-refractivity contribution in [3.63, 3.8) is 0 Å². The van der Waals surface area contributed by atoms with Gasteiger partial charge in [-0.3, -0.25) is 0 Å². The first-order valence-electron chi connectivity index (χ1n) is 11.0. The van der Waals surface area contributed by atoms with Crippen LogP contribution in [0.3, 0.4) is 0 Å². The van der Waals surface area contributed by atoms with E-state index >= 15 is 0 Å². The van der Waals surface area contributed by atoms with Gasteiger partial charge in [0, 0.05) is 57.4 Å². The van der Waals surface area contributed by atoms with Gasteiger partial charge in [0.2, 0.25) is 0 Å². The van der Waals surface area contributed by atoms with Gasteiger partial charge in [0.25, 0.3) is 0 Å². The summed E-state index contributed by atoms with van der Waals surface area (Å²) in [5.41, 5.74) is 3.53. The lowest BCUT2D eigenvalue weighted by molar-refractivity contribution is 1.30. The lowest BCUT2D eigenvalue weighted by Gasteiger charge is -2.25. The third-order valence-electron chi connectivity index (χ3n) is 6.26. The molecular formula is C30H19NS2. The molecular weight excluding hydrogens is 438 g/mol. The second-order valence-electron chi connectivity index (χ2n) is 8.23. The quantitative estimate of drug-likeness (QED) is 0.255. The molecule has 33 heavy (non-hydrogen) atoms. The van der Waals surface area contributed by atoms with Gasteiger partial charge in [0.1, 0.15) is 0 Å². The van der Waals surface area contributed by atoms with E-state index in [-0.39, 0.29) is 0 Å². The lowest BCUT2D eigenvalue weighted by Crippen LogP contribution is -2.09. The van der Waals surface area contributed by atoms with Crippen molar-refractivity contribution in [2.75, 3.05) is 4.90 Å². The number of hydrogen-bond acceptors (Lipinski definition) is 3. The Bertz CT molecular complexity index is 1660. The molecule has 0 atom stereocenters. The molecule has 0 radical (unpaired) electrons. The Morgan fingerprint density at radius 1 is 0.364 bits per heavy atom. The summed E-state index contributed by atoms with van der Waals surface area (Å²) in [5, 5.41) is 5.32. The molecule has 0 aliphatic rings. The summed E-state index contributed by atoms with van der Waals surface area (Å²) in [5.74, 6) is 0. The van der Waals surface area contributed by atoms with Gasteiger partial charge in [0.05, 0.1) is 0 Å². The summed E-state index contributed by atoms with van der Waals surface area (Å²) in [6.07, 6.45) is 0. The Hall–Kier alpha value is -3.66. The zero-order valence-electron chi connectivity index (χ0n) is 17.7. The fourth-order valence-electron chi connectivity index (χ4n) is 4.73. The monoisotopic (exact) mass is 457 g/mol. The third kappa shape index (κ3) is 3.05. The highest BCUT2D eigenvalue weighted by Crippen LogP contribution is 2.42. The number of anilines is 3. The molecule has 0 amide bonds. The highest BCUT2D eigenvalue weighted by molar-refractivity contribution is 7.26. The van der Waals surface area contributed by atoms with Crippen molar-refractivity contribution in [2.45, 2.75) is 0 Å². The van der Waals surface area contributed by atoms with E-state index in [1.54, 1.807) is 0 Å². The molecule has 0 saturated carbocycles. The molecule has 2 aromatic heterocycles. The van der Waals surface area contributed by atoms with E-state index < -0.39 is 0 Å². The van der Waals surface area contributed by atoms with E-state index in [0.717, 1.165) is 0 Å². The highest BCUT2D eigenvalue weighted by atomic mass is 32.1. The molecule has 1 nitrogen and oxygen atoms in total. The van der Waals surface area contributed by atoms with Crippen LogP contribution in [0.15, 0.2) is 115 Å². The minimum absolute atomic E-state index is 1.17. The molecule has 0 unspecified atom stereocenters. The van der Waals surface area contributed by atoms with Crippen LogP contribution in [0.2, 0.25) is 0 Å². The number of fused-ring (bicyclic) bond motifs is 6. The first-order valence-corrected chi connectivity index (χ1v) is 12.7. The molecule has 156 valence electrons. The molecule has 0 saturated heterocycles. The third-order valence-corrected chi connectivity index (χ3v) is 8.52. The maximum atomic E-state index is 2.37. The van der Waals surface area contributed by atoms with E-state index in [0.29, 0.717) is 0 Å². The zero-order chi connectivity index (χ0) is 21.8. The van der Waals surface area contributed by atoms with Gasteiger partial charge in [0.15, 0.2) is 0 Å². The van der Waals surface area contributed by atoms with Crippen molar-refractivity contribution in [1.29, 1.82) is 0 Å². The molecule has 3 heteroatoms. The summed E-state index contributed by atoms with van der Waals surface area (Å²) in [6, 6.07) is 41.7. The zero-order valence-corrected chi connectivity index (χ0v) is 19.4. The maximum Gasteiger partial charge on any atom is 0.0476 e. The van der Waals surface area contributed by atoms with Crippen LogP contribution in [0.25, 0.3) is 40.3 Å². The first-order chi connectivity index (χ1) is 16.3. The van der Waals surface area contributed by atoms with Gasteiger partial charge < -0.3 is 4.90 Å². The molecule has 2 heterocycles. The summed E-state index contributed by atoms with van der Waals surface area (Å²) >= 11 is 3.73. The first kappa shape index (κ1) is 18.9. The molecule has 5 aromatic carbocycles. The standard InChI is InChI=1S/C30H19NS2/c1-2-8-20(9-3-1)31(21-14-16-25-23-10-4-6-12-27(23)32-29(25)18-21)22-15-17-26-24-11-5-7-13-28(24)33-30(26)19-22/h1-19H. The van der Waals surface area contributed by atoms with Gasteiger partial charge in [-0.1, -0.05) is 66.7 Å². The van der Waals surface area contributed by atoms with Crippen LogP contribution in [-0.2, 0) is 0 Å². The SMILES string of the molecule is c1ccc(N(c2ccc3c(c2)sc2ccccc23)c2ccc3c(c2)sc2ccccc23)cc1. The largest absolute Gasteiger partial charge is 0.310 e. The average molecular weight is 458 g/mol. The van der Waals surface area contributed by atoms with Crippen LogP contribution in [0.5, 0.6) is 0 Å². The van der Waals surface area contributed by atoms with E-state index in [4.69, 9.17) is 0 Å². The minimum Gasteiger partial charge on any atom is -0.310 e. The second kappa shape index (κ2) is 7.45. The van der Waals surface area contributed by atoms with Crippen LogP contribution in [-0.4, -0.2) is 0 Å². The number of hydrogen-bond donors (Lipinski definition) is 0. The van der Waals surface area contributed by atoms with Crippen LogP contribution >= 0.6 is 22.7 Å². The van der Waals surface area contributed by atoms with E-state index in [1.165, 1.54) is 57.4 Å². The Balaban J connectivity index is 1.45. The fourth-order valence-corrected chi connectivity index (χ4v) is 7.01. The van der Waals surface area contributed by atoms with Gasteiger partial charge >= 0.3 is 0 Å². The molecule has 0 N–H and O–H groups in total. The van der Waals surface area contributed by atoms with Crippen molar-refractivity contribution in [3.05, 3.63) is 115 Å². The summed E-state index contributed by atoms with van der Waals surface area (Å²) in [4.78, 5) is 2.37. The minimum atomic E-state index is 1.17. The second-order valence-corrected chi connectivity index (χ2v) is 10.4. The maximum absolute atomic E-state index is 2.37. The lowest BCUT2D eigenvalue weighted by atomic mass is 10.1. The van der Waals surface area contributed by atoms with Gasteiger partial charge in [-0.2, -0.15) is 0 Å². The van der Waals surface area contributed by atoms with Gasteiger partial charge in [-0.15, -0.1) is 22.7 Å². The Morgan fingerprint density at radius 2 is 0.818 bits per heavy atom. The Morgan fingerprint density at radius 3 is 1.36 bits per heavy atom. The average Bonchev–Trinajstić information content (AvgIpc) is 3.42. The van der Waals surface area contributed by atoms with Crippen molar-refractivity contribution in [2.24, 2.45) is 0 Å². The highest BCUT2D eigenvalue weighted by Gasteiger charge is 2.16. The molecule has 0 fully saturated rings. The molecule has 0 spiro atoms. The summed E-state index contributed by atoms with van der Waals surface area (Å²) < 4.78 is 5.31. The van der Waals surface area contributed by atoms with Crippen LogP contribution in [0.1, 0.15) is 0 Å². The number of thiophene rings is 2. The molecule has 0 aliphatic carbocycles. The van der Waals surface area contributed by atoms with E-state index in [2.05, 4.69) is 120 Å². The molecule has 0 aliphatic heterocycles. The van der Waals surface area contributed by atoms with E-state index in [1.807, 2.05) is 22.7 Å². The fraction of sp³-hybridized carbons (Fsp3) is 0. The van der Waals surface area contributed by atoms with Crippen molar-refractivity contribution in [3.8, 4) is 0 Å². The number of nitrogens with zero attached hydrogens (tertiary/aromatic N) is 1. The summed E-state index contributed by atoms with van der Waals surface area (Å²) in [6.45, 7) is 0. The Labute approximate surface area is 199 Å². The number of benzene rings is 5. The number of rotatable bonds is 3. The van der Waals surface area contributed by atoms with Gasteiger partial charge in [-0.05, 0) is 48.5 Å². The smallest absolute Gasteiger partial charge is 0.0476 e. The van der Waals surface area contributed by atoms with Crippen LogP contribution < -0.4 is 4.90 Å². The van der Waals surface area contributed by atoms with Gasteiger partial charge in [-0.25, -0.2) is 0 Å². The normalized spacial score (nSPS) is 11.6. The molecule has 7 rings (SSSR count). The predicted molar refractivity (Wildman–Crippen MR) is 147 cm³/mol. The summed E-state index contributed by atoms with van der Waals surface area (Å²) in [7, 11) is 0. The Kier molecular flexibility index (Phi) is 4.26. The topological polar surface area (TPSA) is 3.24 Å². The van der Waals surface area contributed by atoms with Crippen LogP contribution in [0, 0.1) is 0 Å². The molecule has 0 bridgehead atoms. The van der Waals surface area contributed by atoms with Crippen LogP contribution in [0.4, 0.5) is 17.1 Å².